The second-order valence-electron chi connectivity index (χ2n) is 3.53. The molecule has 5 heteroatoms. The maximum atomic E-state index is 11.1. The predicted molar refractivity (Wildman–Crippen MR) is 60.2 cm³/mol. The second kappa shape index (κ2) is 5.11. The molecule has 0 bridgehead atoms. The Balaban J connectivity index is 2.72. The van der Waals surface area contributed by atoms with Gasteiger partial charge in [-0.1, -0.05) is 18.7 Å². The van der Waals surface area contributed by atoms with E-state index in [0.29, 0.717) is 17.3 Å². The number of aryl methyl sites for hydroxylation is 1. The molecule has 0 saturated carbocycles. The van der Waals surface area contributed by atoms with Crippen LogP contribution in [0.1, 0.15) is 26.0 Å². The second-order valence-corrected chi connectivity index (χ2v) is 4.95. The van der Waals surface area contributed by atoms with E-state index < -0.39 is 0 Å². The number of aromatic nitrogens is 2. The third-order valence-corrected chi connectivity index (χ3v) is 2.72. The first-order chi connectivity index (χ1) is 6.97. The van der Waals surface area contributed by atoms with Gasteiger partial charge in [-0.25, -0.2) is 4.98 Å². The molecule has 4 nitrogen and oxygen atoms in total. The Kier molecular flexibility index (Phi) is 4.08. The fraction of sp³-hybridized carbons (Fsp3) is 0.500. The Morgan fingerprint density at radius 2 is 2.33 bits per heavy atom. The van der Waals surface area contributed by atoms with Gasteiger partial charge in [0.05, 0.1) is 0 Å². The van der Waals surface area contributed by atoms with Crippen molar-refractivity contribution in [2.45, 2.75) is 37.6 Å². The average Bonchev–Trinajstić information content (AvgIpc) is 1.98. The van der Waals surface area contributed by atoms with E-state index in [2.05, 4.69) is 9.97 Å². The molecule has 0 saturated heterocycles. The fourth-order valence-corrected chi connectivity index (χ4v) is 2.30. The van der Waals surface area contributed by atoms with Crippen molar-refractivity contribution in [2.24, 2.45) is 0 Å². The van der Waals surface area contributed by atoms with E-state index in [1.54, 1.807) is 13.8 Å². The number of nitrogens with zero attached hydrogens (tertiary/aromatic N) is 1. The molecule has 1 N–H and O–H groups in total. The summed E-state index contributed by atoms with van der Waals surface area (Å²) in [5.74, 6) is 0.144. The van der Waals surface area contributed by atoms with Crippen LogP contribution in [-0.4, -0.2) is 21.0 Å². The van der Waals surface area contributed by atoms with Gasteiger partial charge in [0.2, 0.25) is 0 Å². The Hall–Kier alpha value is -1.10. The van der Waals surface area contributed by atoms with Gasteiger partial charge in [0.1, 0.15) is 5.78 Å². The lowest BCUT2D eigenvalue weighted by molar-refractivity contribution is -0.116. The number of Topliss-reactive ketones (excluding diaryl/α,β-unsaturated/α-hetero) is 1. The van der Waals surface area contributed by atoms with Crippen molar-refractivity contribution in [3.63, 3.8) is 0 Å². The molecule has 1 rings (SSSR count). The molecular formula is C10H14N2O2S. The van der Waals surface area contributed by atoms with Crippen molar-refractivity contribution in [3.8, 4) is 0 Å². The van der Waals surface area contributed by atoms with Crippen LogP contribution in [0.3, 0.4) is 0 Å². The van der Waals surface area contributed by atoms with Gasteiger partial charge < -0.3 is 4.98 Å². The number of hydrogen-bond donors (Lipinski definition) is 1. The molecule has 1 unspecified atom stereocenters. The number of nitrogens with one attached hydrogen (secondary N) is 1. The average molecular weight is 226 g/mol. The normalized spacial score (nSPS) is 12.5. The third-order valence-electron chi connectivity index (χ3n) is 1.74. The first-order valence-corrected chi connectivity index (χ1v) is 5.59. The van der Waals surface area contributed by atoms with Crippen molar-refractivity contribution >= 4 is 17.5 Å². The maximum absolute atomic E-state index is 11.1. The standard InChI is InChI=1S/C10H14N2O2S/c1-6-4-9(14)12-10(11-6)15-8(3)5-7(2)13/h4,8H,5H2,1-3H3,(H,11,12,14). The lowest BCUT2D eigenvalue weighted by Crippen LogP contribution is -2.10. The van der Waals surface area contributed by atoms with E-state index in [0.717, 1.165) is 0 Å². The number of hydrogen-bond acceptors (Lipinski definition) is 4. The molecule has 1 aromatic rings. The van der Waals surface area contributed by atoms with Crippen LogP contribution in [0.25, 0.3) is 0 Å². The number of aromatic amines is 1. The van der Waals surface area contributed by atoms with Crippen LogP contribution in [0.4, 0.5) is 0 Å². The molecule has 0 aromatic carbocycles. The van der Waals surface area contributed by atoms with Gasteiger partial charge >= 0.3 is 0 Å². The van der Waals surface area contributed by atoms with Crippen molar-refractivity contribution in [1.29, 1.82) is 0 Å². The fourth-order valence-electron chi connectivity index (χ4n) is 1.24. The van der Waals surface area contributed by atoms with Gasteiger partial charge in [0, 0.05) is 23.4 Å². The lowest BCUT2D eigenvalue weighted by Gasteiger charge is -2.07. The van der Waals surface area contributed by atoms with E-state index in [4.69, 9.17) is 0 Å². The van der Waals surface area contributed by atoms with E-state index in [1.165, 1.54) is 17.8 Å². The van der Waals surface area contributed by atoms with Crippen molar-refractivity contribution < 1.29 is 4.79 Å². The Labute approximate surface area is 92.5 Å². The predicted octanol–water partition coefficient (Wildman–Crippen LogP) is 1.54. The zero-order valence-electron chi connectivity index (χ0n) is 9.03. The van der Waals surface area contributed by atoms with Crippen LogP contribution < -0.4 is 5.56 Å². The molecule has 1 heterocycles. The summed E-state index contributed by atoms with van der Waals surface area (Å²) in [6, 6.07) is 1.44. The van der Waals surface area contributed by atoms with Gasteiger partial charge in [-0.15, -0.1) is 0 Å². The topological polar surface area (TPSA) is 62.8 Å². The van der Waals surface area contributed by atoms with Gasteiger partial charge in [0.25, 0.3) is 5.56 Å². The van der Waals surface area contributed by atoms with Crippen LogP contribution in [0, 0.1) is 6.92 Å². The number of carbonyl (C=O) groups excluding carboxylic acids is 1. The van der Waals surface area contributed by atoms with Crippen molar-refractivity contribution in [1.82, 2.24) is 9.97 Å². The Bertz CT molecular complexity index is 414. The largest absolute Gasteiger partial charge is 0.301 e. The number of rotatable bonds is 4. The van der Waals surface area contributed by atoms with Gasteiger partial charge in [0.15, 0.2) is 5.16 Å². The van der Waals surface area contributed by atoms with E-state index in [-0.39, 0.29) is 16.6 Å². The molecule has 0 aliphatic carbocycles. The highest BCUT2D eigenvalue weighted by Crippen LogP contribution is 2.20. The molecule has 0 fully saturated rings. The summed E-state index contributed by atoms with van der Waals surface area (Å²) < 4.78 is 0. The van der Waals surface area contributed by atoms with Gasteiger partial charge in [-0.3, -0.25) is 9.59 Å². The van der Waals surface area contributed by atoms with Crippen molar-refractivity contribution in [3.05, 3.63) is 22.1 Å². The number of H-pyrrole nitrogens is 1. The summed E-state index contributed by atoms with van der Waals surface area (Å²) in [5.41, 5.74) is 0.538. The highest BCUT2D eigenvalue weighted by Gasteiger charge is 2.09. The van der Waals surface area contributed by atoms with Gasteiger partial charge in [-0.2, -0.15) is 0 Å². The molecular weight excluding hydrogens is 212 g/mol. The molecule has 0 amide bonds. The first kappa shape index (κ1) is 12.0. The molecule has 0 aliphatic heterocycles. The summed E-state index contributed by atoms with van der Waals surface area (Å²) in [6.07, 6.45) is 0.488. The number of ketones is 1. The summed E-state index contributed by atoms with van der Waals surface area (Å²) in [6.45, 7) is 5.27. The zero-order chi connectivity index (χ0) is 11.4. The summed E-state index contributed by atoms with van der Waals surface area (Å²) in [4.78, 5) is 28.8. The maximum Gasteiger partial charge on any atom is 0.251 e. The smallest absolute Gasteiger partial charge is 0.251 e. The highest BCUT2D eigenvalue weighted by molar-refractivity contribution is 7.99. The van der Waals surface area contributed by atoms with Crippen LogP contribution in [0.5, 0.6) is 0 Å². The van der Waals surface area contributed by atoms with Crippen LogP contribution >= 0.6 is 11.8 Å². The summed E-state index contributed by atoms with van der Waals surface area (Å²) >= 11 is 1.41. The molecule has 0 radical (unpaired) electrons. The Morgan fingerprint density at radius 1 is 1.67 bits per heavy atom. The summed E-state index contributed by atoms with van der Waals surface area (Å²) in [5, 5.41) is 0.709. The molecule has 15 heavy (non-hydrogen) atoms. The minimum atomic E-state index is -0.153. The molecule has 82 valence electrons. The minimum absolute atomic E-state index is 0.132. The summed E-state index contributed by atoms with van der Waals surface area (Å²) in [7, 11) is 0. The number of thioether (sulfide) groups is 1. The molecule has 1 atom stereocenters. The Morgan fingerprint density at radius 3 is 2.87 bits per heavy atom. The van der Waals surface area contributed by atoms with E-state index in [9.17, 15) is 9.59 Å². The van der Waals surface area contributed by atoms with Crippen LogP contribution in [0.15, 0.2) is 16.0 Å². The van der Waals surface area contributed by atoms with Crippen molar-refractivity contribution in [2.75, 3.05) is 0 Å². The SMILES string of the molecule is CC(=O)CC(C)Sc1nc(C)cc(=O)[nH]1. The first-order valence-electron chi connectivity index (χ1n) is 4.71. The monoisotopic (exact) mass is 226 g/mol. The molecule has 0 aliphatic rings. The van der Waals surface area contributed by atoms with E-state index >= 15 is 0 Å². The quantitative estimate of drug-likeness (QED) is 0.625. The lowest BCUT2D eigenvalue weighted by atomic mass is 10.2. The minimum Gasteiger partial charge on any atom is -0.301 e. The molecule has 1 aromatic heterocycles. The zero-order valence-corrected chi connectivity index (χ0v) is 9.85. The number of carbonyl (C=O) groups is 1. The third kappa shape index (κ3) is 4.29. The van der Waals surface area contributed by atoms with Crippen LogP contribution in [-0.2, 0) is 4.79 Å². The van der Waals surface area contributed by atoms with E-state index in [1.807, 2.05) is 6.92 Å². The van der Waals surface area contributed by atoms with Gasteiger partial charge in [-0.05, 0) is 13.8 Å². The van der Waals surface area contributed by atoms with Crippen LogP contribution in [0.2, 0.25) is 0 Å². The molecule has 0 spiro atoms. The highest BCUT2D eigenvalue weighted by atomic mass is 32.2.